The number of fused-ring (bicyclic) bond motifs is 2. The zero-order valence-corrected chi connectivity index (χ0v) is 55.1. The molecule has 2 heterocycles. The summed E-state index contributed by atoms with van der Waals surface area (Å²) in [5, 5.41) is 26.2. The van der Waals surface area contributed by atoms with E-state index in [4.69, 9.17) is 38.9 Å². The number of aromatic nitrogens is 4. The molecule has 0 bridgehead atoms. The number of carbonyl (C=O) groups is 3. The van der Waals surface area contributed by atoms with E-state index < -0.39 is 52.9 Å². The largest absolute Gasteiger partial charge is 0.395 e. The summed E-state index contributed by atoms with van der Waals surface area (Å²) in [4.78, 5) is 51.9. The Labute approximate surface area is 563 Å². The van der Waals surface area contributed by atoms with Crippen LogP contribution < -0.4 is 26.2 Å². The van der Waals surface area contributed by atoms with E-state index in [1.807, 2.05) is 68.6 Å². The van der Waals surface area contributed by atoms with Gasteiger partial charge in [-0.1, -0.05) is 73.4 Å². The Morgan fingerprint density at radius 1 is 0.510 bits per heavy atom. The molecule has 2 unspecified atom stereocenters. The van der Waals surface area contributed by atoms with Gasteiger partial charge in [0, 0.05) is 87.2 Å². The summed E-state index contributed by atoms with van der Waals surface area (Å²) in [6, 6.07) is 41.1. The normalized spacial score (nSPS) is 12.3. The van der Waals surface area contributed by atoms with Crippen LogP contribution in [-0.4, -0.2) is 92.2 Å². The summed E-state index contributed by atoms with van der Waals surface area (Å²) in [5.74, 6) is -5.32. The van der Waals surface area contributed by atoms with Gasteiger partial charge >= 0.3 is 0 Å². The summed E-state index contributed by atoms with van der Waals surface area (Å²) in [5.41, 5.74) is 16.2. The van der Waals surface area contributed by atoms with E-state index >= 15 is 0 Å². The summed E-state index contributed by atoms with van der Waals surface area (Å²) >= 11 is 12.3. The van der Waals surface area contributed by atoms with Crippen molar-refractivity contribution in [2.45, 2.75) is 97.6 Å². The Balaban J connectivity index is 0.000000226. The maximum Gasteiger partial charge on any atom is 0.237 e. The fourth-order valence-electron chi connectivity index (χ4n) is 11.6. The lowest BCUT2D eigenvalue weighted by Crippen LogP contribution is -2.43. The highest BCUT2D eigenvalue weighted by Crippen LogP contribution is 2.34. The second-order valence-corrected chi connectivity index (χ2v) is 24.5. The highest BCUT2D eigenvalue weighted by Gasteiger charge is 2.25. The molecule has 0 saturated carbocycles. The van der Waals surface area contributed by atoms with Crippen LogP contribution in [0.5, 0.6) is 0 Å². The minimum absolute atomic E-state index is 0.0524. The van der Waals surface area contributed by atoms with Crippen LogP contribution in [0.4, 0.5) is 37.7 Å². The van der Waals surface area contributed by atoms with Crippen LogP contribution in [0.3, 0.4) is 0 Å². The zero-order chi connectivity index (χ0) is 68.7. The molecule has 0 aliphatic carbocycles. The molecule has 0 aliphatic heterocycles. The monoisotopic (exact) mass is 1350 g/mol. The van der Waals surface area contributed by atoms with Gasteiger partial charge in [-0.3, -0.25) is 14.4 Å². The van der Waals surface area contributed by atoms with Crippen molar-refractivity contribution < 1.29 is 50.9 Å². The third-order valence-electron chi connectivity index (χ3n) is 16.3. The predicted octanol–water partition coefficient (Wildman–Crippen LogP) is 14.6. The van der Waals surface area contributed by atoms with E-state index in [2.05, 4.69) is 53.6 Å². The zero-order valence-electron chi connectivity index (χ0n) is 53.5. The summed E-state index contributed by atoms with van der Waals surface area (Å²) < 4.78 is 86.9. The number of ketones is 2. The molecular weight excluding hydrogens is 1280 g/mol. The van der Waals surface area contributed by atoms with E-state index in [-0.39, 0.29) is 50.2 Å². The number of halogens is 8. The van der Waals surface area contributed by atoms with Gasteiger partial charge in [0.05, 0.1) is 57.4 Å². The number of amides is 1. The van der Waals surface area contributed by atoms with Gasteiger partial charge in [-0.05, 0) is 188 Å². The van der Waals surface area contributed by atoms with Crippen LogP contribution in [0.25, 0.3) is 44.8 Å². The highest BCUT2D eigenvalue weighted by atomic mass is 35.5. The van der Waals surface area contributed by atoms with Gasteiger partial charge in [-0.25, -0.2) is 36.3 Å². The first kappa shape index (κ1) is 71.4. The van der Waals surface area contributed by atoms with Crippen molar-refractivity contribution >= 4 is 74.1 Å². The quantitative estimate of drug-likeness (QED) is 0.0281. The number of hydrogen-bond donors (Lipinski definition) is 5. The minimum atomic E-state index is -1.12. The van der Waals surface area contributed by atoms with Gasteiger partial charge in [0.15, 0.2) is 34.9 Å². The number of aliphatic hydroxyl groups excluding tert-OH is 2. The molecule has 22 heteroatoms. The average Bonchev–Trinajstić information content (AvgIpc) is 1.63. The molecule has 10 rings (SSSR count). The molecule has 10 aromatic rings. The van der Waals surface area contributed by atoms with Crippen LogP contribution in [-0.2, 0) is 40.4 Å². The van der Waals surface area contributed by atoms with E-state index in [9.17, 15) is 50.9 Å². The Morgan fingerprint density at radius 2 is 0.938 bits per heavy atom. The van der Waals surface area contributed by atoms with E-state index in [0.29, 0.717) is 93.1 Å². The highest BCUT2D eigenvalue weighted by molar-refractivity contribution is 6.42. The molecular formula is C74H75Cl2F6N9O5. The predicted molar refractivity (Wildman–Crippen MR) is 366 cm³/mol. The minimum Gasteiger partial charge on any atom is -0.395 e. The lowest BCUT2D eigenvalue weighted by atomic mass is 9.99. The smallest absolute Gasteiger partial charge is 0.237 e. The molecule has 0 saturated heterocycles. The molecule has 0 fully saturated rings. The lowest BCUT2D eigenvalue weighted by Gasteiger charge is -2.24. The molecule has 502 valence electrons. The van der Waals surface area contributed by atoms with Gasteiger partial charge < -0.3 is 45.5 Å². The van der Waals surface area contributed by atoms with Crippen molar-refractivity contribution in [2.75, 3.05) is 49.2 Å². The van der Waals surface area contributed by atoms with E-state index in [1.165, 1.54) is 25.1 Å². The van der Waals surface area contributed by atoms with Crippen molar-refractivity contribution in [3.8, 4) is 22.8 Å². The number of nitrogens with two attached hydrogens (primary N) is 1. The summed E-state index contributed by atoms with van der Waals surface area (Å²) in [7, 11) is 0. The summed E-state index contributed by atoms with van der Waals surface area (Å²) in [6.07, 6.45) is 2.28. The number of aliphatic hydroxyl groups is 2. The number of carbonyl (C=O) groups excluding carboxylic acids is 3. The van der Waals surface area contributed by atoms with Crippen molar-refractivity contribution in [2.24, 2.45) is 5.73 Å². The molecule has 14 nitrogen and oxygen atoms in total. The van der Waals surface area contributed by atoms with Gasteiger partial charge in [0.25, 0.3) is 0 Å². The lowest BCUT2D eigenvalue weighted by molar-refractivity contribution is -0.123. The number of benzene rings is 8. The van der Waals surface area contributed by atoms with Crippen LogP contribution >= 0.6 is 23.2 Å². The summed E-state index contributed by atoms with van der Waals surface area (Å²) in [6.45, 7) is 10.6. The fraction of sp³-hybridized carbons (Fsp3) is 0.284. The SMILES string of the molecule is CC(=O)CC(NC(=O)[C@@H](N)Cc1ccc(F)c(F)c1)c1ccc2c(c1)nc(-c1ccc(N(CCO)CCO)cc1)n2Cc1ccc(F)c(F)c1.CCCN(CCC)c1ccc(-c2nc3cc(C(CC(C)=O)NCc4ccc(Cl)c(Cl)c4)ccc3n2Cc2ccc(F)c(F)c2)cc1. The van der Waals surface area contributed by atoms with Gasteiger partial charge in [0.2, 0.25) is 5.91 Å². The third kappa shape index (κ3) is 18.2. The Kier molecular flexibility index (Phi) is 24.7. The first-order chi connectivity index (χ1) is 46.1. The fourth-order valence-corrected chi connectivity index (χ4v) is 11.9. The molecule has 6 N–H and O–H groups in total. The molecule has 0 radical (unpaired) electrons. The topological polar surface area (TPSA) is 184 Å². The van der Waals surface area contributed by atoms with Crippen molar-refractivity contribution in [1.82, 2.24) is 29.7 Å². The molecule has 96 heavy (non-hydrogen) atoms. The van der Waals surface area contributed by atoms with Crippen molar-refractivity contribution in [3.63, 3.8) is 0 Å². The Hall–Kier alpha value is -8.89. The average molecular weight is 1360 g/mol. The van der Waals surface area contributed by atoms with Crippen LogP contribution in [0.2, 0.25) is 10.0 Å². The van der Waals surface area contributed by atoms with E-state index in [0.717, 1.165) is 95.4 Å². The number of nitrogens with zero attached hydrogens (tertiary/aromatic N) is 6. The Morgan fingerprint density at radius 3 is 1.38 bits per heavy atom. The molecule has 3 atom stereocenters. The molecule has 2 aromatic heterocycles. The third-order valence-corrected chi connectivity index (χ3v) is 17.1. The molecule has 1 amide bonds. The van der Waals surface area contributed by atoms with Gasteiger partial charge in [0.1, 0.15) is 23.2 Å². The number of rotatable bonds is 29. The number of anilines is 2. The molecule has 8 aromatic carbocycles. The molecule has 0 aliphatic rings. The number of Topliss-reactive ketones (excluding diaryl/α,β-unsaturated/α-hetero) is 2. The van der Waals surface area contributed by atoms with Crippen LogP contribution in [0.15, 0.2) is 158 Å². The number of imidazole rings is 2. The van der Waals surface area contributed by atoms with E-state index in [1.54, 1.807) is 37.3 Å². The van der Waals surface area contributed by atoms with Gasteiger partial charge in [-0.2, -0.15) is 0 Å². The van der Waals surface area contributed by atoms with Crippen molar-refractivity contribution in [3.05, 3.63) is 236 Å². The second-order valence-electron chi connectivity index (χ2n) is 23.7. The van der Waals surface area contributed by atoms with Gasteiger partial charge in [-0.15, -0.1) is 0 Å². The maximum absolute atomic E-state index is 14.2. The Bertz CT molecular complexity index is 4350. The number of nitrogens with one attached hydrogen (secondary N) is 2. The maximum atomic E-state index is 14.2. The first-order valence-corrected chi connectivity index (χ1v) is 32.4. The van der Waals surface area contributed by atoms with Crippen LogP contribution in [0.1, 0.15) is 98.8 Å². The first-order valence-electron chi connectivity index (χ1n) is 31.6. The van der Waals surface area contributed by atoms with Crippen molar-refractivity contribution in [1.29, 1.82) is 0 Å². The number of hydrogen-bond acceptors (Lipinski definition) is 11. The van der Waals surface area contributed by atoms with Crippen LogP contribution in [0, 0.1) is 34.9 Å². The second kappa shape index (κ2) is 33.2. The standard InChI is InChI=1S/C37H38Cl2F2N4O.C37H37F4N5O4/c1-4-16-44(17-5-2)29-11-8-27(9-12-29)37-43-35-21-28(10-15-36(35)45(37)23-26-7-14-32(40)33(41)20-26)34(18-24(3)46)42-22-25-6-13-30(38)31(39)19-25;1-22(49)16-33(44-37(50)32(42)19-23-2-9-28(38)30(40)17-23)26-6-11-35-34(20-26)43-36(46(35)21-24-3-10-29(39)31(41)18-24)25-4-7-27(8-5-25)45(12-14-47)13-15-48/h6-15,19-21,34,42H,4-5,16-18,22-23H2,1-3H3;2-11,17-18,20,32-33,47-48H,12-16,19,21,42H2,1H3,(H,44,50)/t;32-,33?/m.0/s1. The molecule has 0 spiro atoms.